The van der Waals surface area contributed by atoms with Crippen molar-refractivity contribution < 1.29 is 23.9 Å². The smallest absolute Gasteiger partial charge is 0.409 e. The molecule has 2 aromatic heterocycles. The minimum atomic E-state index is -0.756. The van der Waals surface area contributed by atoms with E-state index in [4.69, 9.17) is 26.3 Å². The fourth-order valence-electron chi connectivity index (χ4n) is 5.78. The second-order valence-corrected chi connectivity index (χ2v) is 10.5. The number of rotatable bonds is 8. The molecule has 0 unspecified atom stereocenters. The number of likely N-dealkylation sites (tertiary alicyclic amines) is 1. The second kappa shape index (κ2) is 11.6. The van der Waals surface area contributed by atoms with Crippen LogP contribution in [0.1, 0.15) is 43.9 Å². The number of carbonyl (C=O) groups excluding carboxylic acids is 3. The molecule has 1 spiro atoms. The lowest BCUT2D eigenvalue weighted by atomic mass is 9.74. The van der Waals surface area contributed by atoms with Gasteiger partial charge < -0.3 is 23.8 Å². The Kier molecular flexibility index (Phi) is 7.94. The van der Waals surface area contributed by atoms with E-state index in [9.17, 15) is 14.4 Å². The van der Waals surface area contributed by atoms with Crippen molar-refractivity contribution in [1.82, 2.24) is 14.5 Å². The molecule has 2 aliphatic rings. The number of esters is 1. The first kappa shape index (κ1) is 27.5. The highest BCUT2D eigenvalue weighted by molar-refractivity contribution is 6.31. The quantitative estimate of drug-likeness (QED) is 0.291. The summed E-state index contributed by atoms with van der Waals surface area (Å²) < 4.78 is 12.2. The number of ether oxygens (including phenoxy) is 2. The van der Waals surface area contributed by atoms with E-state index in [0.29, 0.717) is 56.9 Å². The number of nitrogens with zero attached hydrogens (tertiary/aromatic N) is 5. The molecule has 40 heavy (non-hydrogen) atoms. The van der Waals surface area contributed by atoms with Gasteiger partial charge in [0.2, 0.25) is 5.91 Å². The molecule has 1 saturated heterocycles. The van der Waals surface area contributed by atoms with Gasteiger partial charge >= 0.3 is 12.1 Å². The van der Waals surface area contributed by atoms with Crippen LogP contribution >= 0.6 is 11.6 Å². The molecule has 0 aliphatic carbocycles. The number of hydrogen-bond acceptors (Lipinski definition) is 7. The van der Waals surface area contributed by atoms with Crippen LogP contribution in [0.5, 0.6) is 0 Å². The Balaban J connectivity index is 1.36. The first-order valence-electron chi connectivity index (χ1n) is 13.3. The summed E-state index contributed by atoms with van der Waals surface area (Å²) in [5, 5.41) is 10.7. The largest absolute Gasteiger partial charge is 0.462 e. The molecule has 0 bridgehead atoms. The number of halogens is 1. The number of fused-ring (bicyclic) bond motifs is 3. The van der Waals surface area contributed by atoms with Crippen molar-refractivity contribution in [3.8, 4) is 6.07 Å². The molecule has 0 atom stereocenters. The van der Waals surface area contributed by atoms with Crippen LogP contribution in [-0.2, 0) is 37.6 Å². The summed E-state index contributed by atoms with van der Waals surface area (Å²) in [7, 11) is 0. The van der Waals surface area contributed by atoms with Gasteiger partial charge in [0.1, 0.15) is 13.2 Å². The van der Waals surface area contributed by atoms with Gasteiger partial charge in [-0.1, -0.05) is 11.6 Å². The summed E-state index contributed by atoms with van der Waals surface area (Å²) in [6.07, 6.45) is 5.00. The molecule has 10 nitrogen and oxygen atoms in total. The number of anilines is 1. The van der Waals surface area contributed by atoms with E-state index in [2.05, 4.69) is 21.7 Å². The van der Waals surface area contributed by atoms with Gasteiger partial charge in [-0.25, -0.2) is 4.79 Å². The minimum Gasteiger partial charge on any atom is -0.462 e. The number of aryl methyl sites for hydroxylation is 1. The maximum absolute atomic E-state index is 14.2. The SMILES string of the molecule is CC(=O)OCCOC(=O)N1CCC2(CC1)C(=O)N(Cc1cc3cc(Cl)ccc3n1CCCC#N)c1cnccc12. The average molecular weight is 564 g/mol. The van der Waals surface area contributed by atoms with Crippen molar-refractivity contribution in [3.05, 3.63) is 59.0 Å². The topological polar surface area (TPSA) is 118 Å². The van der Waals surface area contributed by atoms with E-state index in [-0.39, 0.29) is 19.1 Å². The molecule has 11 heteroatoms. The van der Waals surface area contributed by atoms with Gasteiger partial charge in [0.15, 0.2) is 0 Å². The zero-order chi connectivity index (χ0) is 28.3. The van der Waals surface area contributed by atoms with Gasteiger partial charge in [0.05, 0.1) is 29.9 Å². The lowest BCUT2D eigenvalue weighted by Crippen LogP contribution is -2.50. The van der Waals surface area contributed by atoms with Crippen LogP contribution in [-0.4, -0.2) is 58.7 Å². The zero-order valence-corrected chi connectivity index (χ0v) is 23.0. The van der Waals surface area contributed by atoms with Gasteiger partial charge in [-0.15, -0.1) is 0 Å². The van der Waals surface area contributed by atoms with Gasteiger partial charge in [-0.2, -0.15) is 5.26 Å². The Labute approximate surface area is 237 Å². The van der Waals surface area contributed by atoms with Gasteiger partial charge in [-0.05, 0) is 55.2 Å². The number of piperidine rings is 1. The van der Waals surface area contributed by atoms with Crippen molar-refractivity contribution in [1.29, 1.82) is 5.26 Å². The molecule has 4 heterocycles. The number of aromatic nitrogens is 2. The van der Waals surface area contributed by atoms with E-state index >= 15 is 0 Å². The van der Waals surface area contributed by atoms with E-state index in [1.54, 1.807) is 22.2 Å². The molecule has 2 amide bonds. The molecule has 0 saturated carbocycles. The first-order valence-corrected chi connectivity index (χ1v) is 13.7. The first-order chi connectivity index (χ1) is 19.3. The highest BCUT2D eigenvalue weighted by atomic mass is 35.5. The highest BCUT2D eigenvalue weighted by Crippen LogP contribution is 2.48. The lowest BCUT2D eigenvalue weighted by molar-refractivity contribution is -0.142. The monoisotopic (exact) mass is 563 g/mol. The molecule has 208 valence electrons. The van der Waals surface area contributed by atoms with Crippen molar-refractivity contribution in [2.75, 3.05) is 31.2 Å². The summed E-state index contributed by atoms with van der Waals surface area (Å²) in [6, 6.07) is 11.9. The van der Waals surface area contributed by atoms with E-state index < -0.39 is 17.5 Å². The van der Waals surface area contributed by atoms with Crippen molar-refractivity contribution in [2.24, 2.45) is 0 Å². The predicted octanol–water partition coefficient (Wildman–Crippen LogP) is 4.57. The average Bonchev–Trinajstić information content (AvgIpc) is 3.39. The number of pyridine rings is 1. The fourth-order valence-corrected chi connectivity index (χ4v) is 5.96. The number of carbonyl (C=O) groups is 3. The van der Waals surface area contributed by atoms with Gasteiger partial charge in [0.25, 0.3) is 0 Å². The number of benzene rings is 1. The maximum atomic E-state index is 14.2. The van der Waals surface area contributed by atoms with Gasteiger partial charge in [0, 0.05) is 60.8 Å². The molecular weight excluding hydrogens is 534 g/mol. The Bertz CT molecular complexity index is 1490. The molecule has 1 fully saturated rings. The number of hydrogen-bond donors (Lipinski definition) is 0. The standard InChI is InChI=1S/C29H30ClN5O5/c1-20(36)39-14-15-40-28(38)33-12-7-29(8-13-33)24-6-10-32-18-26(24)35(27(29)37)19-23-17-21-16-22(30)4-5-25(21)34(23)11-3-2-9-31/h4-6,10,16-18H,2-3,7-8,11-15,19H2,1H3. The lowest BCUT2D eigenvalue weighted by Gasteiger charge is -2.38. The van der Waals surface area contributed by atoms with Crippen LogP contribution in [0.25, 0.3) is 10.9 Å². The normalized spacial score (nSPS) is 15.8. The summed E-state index contributed by atoms with van der Waals surface area (Å²) in [5.41, 5.74) is 2.89. The fraction of sp³-hybridized carbons (Fsp3) is 0.414. The Morgan fingerprint density at radius 3 is 2.67 bits per heavy atom. The summed E-state index contributed by atoms with van der Waals surface area (Å²) in [6.45, 7) is 3.00. The molecule has 1 aromatic carbocycles. The zero-order valence-electron chi connectivity index (χ0n) is 22.3. The summed E-state index contributed by atoms with van der Waals surface area (Å²) in [5.74, 6) is -0.440. The van der Waals surface area contributed by atoms with Crippen molar-refractivity contribution >= 4 is 46.2 Å². The maximum Gasteiger partial charge on any atom is 0.409 e. The van der Waals surface area contributed by atoms with Crippen LogP contribution < -0.4 is 4.90 Å². The molecule has 0 N–H and O–H groups in total. The molecule has 2 aliphatic heterocycles. The van der Waals surface area contributed by atoms with Crippen LogP contribution in [0.4, 0.5) is 10.5 Å². The van der Waals surface area contributed by atoms with Crippen LogP contribution in [0.2, 0.25) is 5.02 Å². The third-order valence-electron chi connectivity index (χ3n) is 7.69. The Hall–Kier alpha value is -4.10. The van der Waals surface area contributed by atoms with Crippen molar-refractivity contribution in [2.45, 2.75) is 51.1 Å². The number of unbranched alkanes of at least 4 members (excludes halogenated alkanes) is 1. The highest BCUT2D eigenvalue weighted by Gasteiger charge is 2.52. The molecule has 5 rings (SSSR count). The third-order valence-corrected chi connectivity index (χ3v) is 7.93. The number of nitriles is 1. The van der Waals surface area contributed by atoms with E-state index in [1.165, 1.54) is 6.92 Å². The van der Waals surface area contributed by atoms with Crippen molar-refractivity contribution in [3.63, 3.8) is 0 Å². The van der Waals surface area contributed by atoms with E-state index in [0.717, 1.165) is 27.8 Å². The van der Waals surface area contributed by atoms with Crippen LogP contribution in [0.3, 0.4) is 0 Å². The number of amides is 2. The Morgan fingerprint density at radius 2 is 1.93 bits per heavy atom. The summed E-state index contributed by atoms with van der Waals surface area (Å²) >= 11 is 6.27. The van der Waals surface area contributed by atoms with E-state index in [1.807, 2.05) is 24.3 Å². The minimum absolute atomic E-state index is 0.00608. The van der Waals surface area contributed by atoms with Gasteiger partial charge in [-0.3, -0.25) is 14.6 Å². The molecule has 3 aromatic rings. The van der Waals surface area contributed by atoms with Crippen LogP contribution in [0, 0.1) is 11.3 Å². The molecular formula is C29H30ClN5O5. The molecule has 0 radical (unpaired) electrons. The summed E-state index contributed by atoms with van der Waals surface area (Å²) in [4.78, 5) is 45.4. The predicted molar refractivity (Wildman–Crippen MR) is 148 cm³/mol. The van der Waals surface area contributed by atoms with Crippen LogP contribution in [0.15, 0.2) is 42.7 Å². The second-order valence-electron chi connectivity index (χ2n) is 10.1. The Morgan fingerprint density at radius 1 is 1.15 bits per heavy atom. The third kappa shape index (κ3) is 5.21.